The lowest BCUT2D eigenvalue weighted by Crippen LogP contribution is -2.31. The predicted octanol–water partition coefficient (Wildman–Crippen LogP) is 4.85. The number of nitrogens with one attached hydrogen (secondary N) is 1. The molecule has 1 N–H and O–H groups in total. The molecule has 0 spiro atoms. The van der Waals surface area contributed by atoms with Gasteiger partial charge in [-0.25, -0.2) is 0 Å². The van der Waals surface area contributed by atoms with E-state index in [1.165, 1.54) is 60.7 Å². The van der Waals surface area contributed by atoms with Gasteiger partial charge in [0.25, 0.3) is 0 Å². The van der Waals surface area contributed by atoms with Crippen LogP contribution in [0.25, 0.3) is 0 Å². The molecule has 2 aliphatic carbocycles. The van der Waals surface area contributed by atoms with Crippen LogP contribution in [0.4, 0.5) is 0 Å². The predicted molar refractivity (Wildman–Crippen MR) is 84.3 cm³/mol. The van der Waals surface area contributed by atoms with E-state index in [2.05, 4.69) is 46.4 Å². The number of hydrogen-bond acceptors (Lipinski definition) is 1. The molecule has 1 nitrogen and oxygen atoms in total. The van der Waals surface area contributed by atoms with Crippen LogP contribution in [0.2, 0.25) is 0 Å². The first-order valence-corrected chi connectivity index (χ1v) is 8.55. The van der Waals surface area contributed by atoms with Crippen LogP contribution < -0.4 is 5.32 Å². The highest BCUT2D eigenvalue weighted by atomic mass is 79.9. The molecule has 2 heteroatoms. The minimum Gasteiger partial charge on any atom is -0.310 e. The van der Waals surface area contributed by atoms with Crippen molar-refractivity contribution in [3.05, 3.63) is 33.8 Å². The molecule has 0 heterocycles. The van der Waals surface area contributed by atoms with Crippen molar-refractivity contribution in [1.82, 2.24) is 5.32 Å². The van der Waals surface area contributed by atoms with E-state index in [1.807, 2.05) is 0 Å². The maximum absolute atomic E-state index is 3.84. The first-order valence-electron chi connectivity index (χ1n) is 7.76. The summed E-state index contributed by atoms with van der Waals surface area (Å²) in [5, 5.41) is 3.84. The Balaban J connectivity index is 1.62. The molecule has 19 heavy (non-hydrogen) atoms. The summed E-state index contributed by atoms with van der Waals surface area (Å²) in [6.45, 7) is 3.64. The Hall–Kier alpha value is -0.340. The van der Waals surface area contributed by atoms with Crippen LogP contribution >= 0.6 is 15.9 Å². The fourth-order valence-corrected chi connectivity index (χ4v) is 4.39. The summed E-state index contributed by atoms with van der Waals surface area (Å²) in [7, 11) is 0. The zero-order valence-electron chi connectivity index (χ0n) is 11.8. The van der Waals surface area contributed by atoms with Gasteiger partial charge in [-0.2, -0.15) is 0 Å². The minimum atomic E-state index is 0.585. The Morgan fingerprint density at radius 2 is 2.05 bits per heavy atom. The molecule has 0 radical (unpaired) electrons. The zero-order valence-corrected chi connectivity index (χ0v) is 13.4. The molecule has 3 rings (SSSR count). The second kappa shape index (κ2) is 5.97. The van der Waals surface area contributed by atoms with Crippen LogP contribution in [0.15, 0.2) is 22.7 Å². The summed E-state index contributed by atoms with van der Waals surface area (Å²) < 4.78 is 1.29. The number of benzene rings is 1. The summed E-state index contributed by atoms with van der Waals surface area (Å²) in [5.41, 5.74) is 3.05. The third-order valence-electron chi connectivity index (χ3n) is 5.13. The fourth-order valence-electron chi connectivity index (χ4n) is 3.81. The van der Waals surface area contributed by atoms with E-state index in [4.69, 9.17) is 0 Å². The molecule has 0 aliphatic heterocycles. The van der Waals surface area contributed by atoms with E-state index >= 15 is 0 Å². The SMILES string of the molecule is CC1CCCCC1CNC1CCc2c(Br)cccc21. The van der Waals surface area contributed by atoms with Crippen LogP contribution in [0.5, 0.6) is 0 Å². The first kappa shape index (κ1) is 13.6. The number of fused-ring (bicyclic) bond motifs is 1. The Morgan fingerprint density at radius 1 is 1.21 bits per heavy atom. The maximum atomic E-state index is 3.84. The van der Waals surface area contributed by atoms with E-state index in [1.54, 1.807) is 0 Å². The lowest BCUT2D eigenvalue weighted by Gasteiger charge is -2.30. The third-order valence-corrected chi connectivity index (χ3v) is 5.87. The van der Waals surface area contributed by atoms with E-state index < -0.39 is 0 Å². The molecule has 1 fully saturated rings. The standard InChI is InChI=1S/C17H24BrN/c1-12-5-2-3-6-13(12)11-19-17-10-9-14-15(17)7-4-8-16(14)18/h4,7-8,12-13,17,19H,2-3,5-6,9-11H2,1H3. The van der Waals surface area contributed by atoms with E-state index in [-0.39, 0.29) is 0 Å². The lowest BCUT2D eigenvalue weighted by molar-refractivity contribution is 0.240. The van der Waals surface area contributed by atoms with Crippen molar-refractivity contribution in [3.63, 3.8) is 0 Å². The summed E-state index contributed by atoms with van der Waals surface area (Å²) in [6, 6.07) is 7.23. The average molecular weight is 322 g/mol. The molecule has 2 aliphatic rings. The zero-order chi connectivity index (χ0) is 13.2. The number of hydrogen-bond donors (Lipinski definition) is 1. The highest BCUT2D eigenvalue weighted by Crippen LogP contribution is 2.36. The number of halogens is 1. The molecule has 0 aromatic heterocycles. The van der Waals surface area contributed by atoms with Crippen molar-refractivity contribution < 1.29 is 0 Å². The monoisotopic (exact) mass is 321 g/mol. The quantitative estimate of drug-likeness (QED) is 0.838. The highest BCUT2D eigenvalue weighted by Gasteiger charge is 2.26. The van der Waals surface area contributed by atoms with Gasteiger partial charge >= 0.3 is 0 Å². The molecular formula is C17H24BrN. The van der Waals surface area contributed by atoms with Gasteiger partial charge in [0, 0.05) is 10.5 Å². The van der Waals surface area contributed by atoms with E-state index in [0.29, 0.717) is 6.04 Å². The van der Waals surface area contributed by atoms with E-state index in [9.17, 15) is 0 Å². The molecule has 0 saturated heterocycles. The minimum absolute atomic E-state index is 0.585. The smallest absolute Gasteiger partial charge is 0.0326 e. The third kappa shape index (κ3) is 2.90. The fraction of sp³-hybridized carbons (Fsp3) is 0.647. The average Bonchev–Trinajstić information content (AvgIpc) is 2.83. The van der Waals surface area contributed by atoms with Gasteiger partial charge in [-0.3, -0.25) is 0 Å². The summed E-state index contributed by atoms with van der Waals surface area (Å²) in [5.74, 6) is 1.80. The van der Waals surface area contributed by atoms with Crippen LogP contribution in [-0.4, -0.2) is 6.54 Å². The summed E-state index contributed by atoms with van der Waals surface area (Å²) >= 11 is 3.68. The highest BCUT2D eigenvalue weighted by molar-refractivity contribution is 9.10. The van der Waals surface area contributed by atoms with Crippen LogP contribution in [-0.2, 0) is 6.42 Å². The van der Waals surface area contributed by atoms with Gasteiger partial charge in [0.2, 0.25) is 0 Å². The normalized spacial score (nSPS) is 30.3. The lowest BCUT2D eigenvalue weighted by atomic mass is 9.80. The van der Waals surface area contributed by atoms with Crippen molar-refractivity contribution in [1.29, 1.82) is 0 Å². The molecule has 1 aromatic carbocycles. The Morgan fingerprint density at radius 3 is 2.89 bits per heavy atom. The molecular weight excluding hydrogens is 298 g/mol. The molecule has 1 saturated carbocycles. The van der Waals surface area contributed by atoms with Crippen LogP contribution in [0, 0.1) is 11.8 Å². The maximum Gasteiger partial charge on any atom is 0.0326 e. The topological polar surface area (TPSA) is 12.0 Å². The molecule has 3 unspecified atom stereocenters. The second-order valence-corrected chi connectivity index (χ2v) is 7.18. The van der Waals surface area contributed by atoms with Gasteiger partial charge in [-0.1, -0.05) is 54.2 Å². The molecule has 104 valence electrons. The second-order valence-electron chi connectivity index (χ2n) is 6.33. The van der Waals surface area contributed by atoms with Crippen molar-refractivity contribution in [3.8, 4) is 0 Å². The number of rotatable bonds is 3. The van der Waals surface area contributed by atoms with Gasteiger partial charge < -0.3 is 5.32 Å². The van der Waals surface area contributed by atoms with Crippen LogP contribution in [0.1, 0.15) is 56.2 Å². The Kier molecular flexibility index (Phi) is 4.28. The van der Waals surface area contributed by atoms with Crippen LogP contribution in [0.3, 0.4) is 0 Å². The van der Waals surface area contributed by atoms with Gasteiger partial charge in [-0.15, -0.1) is 0 Å². The van der Waals surface area contributed by atoms with Crippen molar-refractivity contribution in [2.45, 2.75) is 51.5 Å². The molecule has 0 amide bonds. The van der Waals surface area contributed by atoms with Crippen molar-refractivity contribution in [2.75, 3.05) is 6.54 Å². The van der Waals surface area contributed by atoms with Gasteiger partial charge in [0.05, 0.1) is 0 Å². The molecule has 3 atom stereocenters. The molecule has 0 bridgehead atoms. The van der Waals surface area contributed by atoms with Gasteiger partial charge in [-0.05, 0) is 54.8 Å². The summed E-state index contributed by atoms with van der Waals surface area (Å²) in [6.07, 6.45) is 8.21. The first-order chi connectivity index (χ1) is 9.25. The van der Waals surface area contributed by atoms with Gasteiger partial charge in [0.15, 0.2) is 0 Å². The largest absolute Gasteiger partial charge is 0.310 e. The van der Waals surface area contributed by atoms with Crippen molar-refractivity contribution >= 4 is 15.9 Å². The van der Waals surface area contributed by atoms with Crippen molar-refractivity contribution in [2.24, 2.45) is 11.8 Å². The summed E-state index contributed by atoms with van der Waals surface area (Å²) in [4.78, 5) is 0. The Bertz CT molecular complexity index is 443. The Labute approximate surface area is 125 Å². The van der Waals surface area contributed by atoms with Gasteiger partial charge in [0.1, 0.15) is 0 Å². The molecule has 1 aromatic rings. The van der Waals surface area contributed by atoms with E-state index in [0.717, 1.165) is 11.8 Å².